The van der Waals surface area contributed by atoms with Gasteiger partial charge >= 0.3 is 6.15 Å². The van der Waals surface area contributed by atoms with E-state index in [2.05, 4.69) is 15.1 Å². The van der Waals surface area contributed by atoms with Crippen LogP contribution in [-0.2, 0) is 21.8 Å². The molecule has 0 unspecified atom stereocenters. The third-order valence-corrected chi connectivity index (χ3v) is 7.45. The van der Waals surface area contributed by atoms with Crippen molar-refractivity contribution >= 4 is 46.8 Å². The molecule has 12 heteroatoms. The predicted octanol–water partition coefficient (Wildman–Crippen LogP) is 5.67. The number of aliphatic hydroxyl groups is 1. The Balaban J connectivity index is 0.000000983. The van der Waals surface area contributed by atoms with Crippen LogP contribution in [-0.4, -0.2) is 39.5 Å². The van der Waals surface area contributed by atoms with Crippen LogP contribution in [0.3, 0.4) is 0 Å². The van der Waals surface area contributed by atoms with Crippen LogP contribution in [0.5, 0.6) is 5.75 Å². The van der Waals surface area contributed by atoms with Crippen LogP contribution >= 0.6 is 34.8 Å². The molecule has 0 spiro atoms. The first kappa shape index (κ1) is 27.1. The van der Waals surface area contributed by atoms with Crippen LogP contribution in [0.2, 0.25) is 15.1 Å². The number of β-amino-alcohol motifs (C(OH)–C–C–N with tert-alkyl or cyclic N) is 1. The maximum atomic E-state index is 11.1. The van der Waals surface area contributed by atoms with E-state index in [1.165, 1.54) is 12.4 Å². The normalized spacial score (nSPS) is 15.5. The molecule has 0 radical (unpaired) electrons. The van der Waals surface area contributed by atoms with E-state index in [4.69, 9.17) is 53.7 Å². The predicted molar refractivity (Wildman–Crippen MR) is 143 cm³/mol. The summed E-state index contributed by atoms with van der Waals surface area (Å²) in [5.41, 5.74) is 1.53. The number of hydrogen-bond acceptors (Lipinski definition) is 9. The highest BCUT2D eigenvalue weighted by Gasteiger charge is 2.44. The lowest BCUT2D eigenvalue weighted by Crippen LogP contribution is -2.60. The van der Waals surface area contributed by atoms with Crippen molar-refractivity contribution < 1.29 is 24.0 Å². The van der Waals surface area contributed by atoms with Crippen LogP contribution in [0, 0.1) is 0 Å². The lowest BCUT2D eigenvalue weighted by Gasteiger charge is -2.47. The number of hydrogen-bond donors (Lipinski definition) is 1. The minimum absolute atomic E-state index is 0.201. The van der Waals surface area contributed by atoms with Gasteiger partial charge in [0.15, 0.2) is 0 Å². The monoisotopic (exact) mass is 586 g/mol. The Kier molecular flexibility index (Phi) is 7.88. The molecule has 2 fully saturated rings. The third kappa shape index (κ3) is 5.64. The standard InChI is InChI=1S/C26H21Cl3N4O3.CO2/c27-19-9-16(6-7-18(19)26(34)13-33(14-26)22-3-1-2-8-31-22)35-12-17-24(32-36-25(17)15-4-5-15)23-20(28)10-30-11-21(23)29;2-1-3/h1-3,6-11,15,34H,4-5,12-14H2;. The molecule has 3 aromatic heterocycles. The Bertz CT molecular complexity index is 1500. The van der Waals surface area contributed by atoms with Gasteiger partial charge in [0.1, 0.15) is 35.2 Å². The highest BCUT2D eigenvalue weighted by atomic mass is 35.5. The number of aromatic nitrogens is 3. The van der Waals surface area contributed by atoms with Gasteiger partial charge in [0.05, 0.1) is 33.7 Å². The van der Waals surface area contributed by atoms with Gasteiger partial charge in [-0.25, -0.2) is 4.98 Å². The first-order chi connectivity index (χ1) is 18.8. The van der Waals surface area contributed by atoms with Crippen molar-refractivity contribution in [2.75, 3.05) is 18.0 Å². The van der Waals surface area contributed by atoms with Crippen molar-refractivity contribution in [3.63, 3.8) is 0 Å². The van der Waals surface area contributed by atoms with E-state index in [1.54, 1.807) is 24.4 Å². The summed E-state index contributed by atoms with van der Waals surface area (Å²) in [6, 6.07) is 11.0. The maximum Gasteiger partial charge on any atom is 0.373 e. The molecule has 1 saturated carbocycles. The molecule has 9 nitrogen and oxygen atoms in total. The molecule has 1 aliphatic carbocycles. The lowest BCUT2D eigenvalue weighted by atomic mass is 9.86. The fraction of sp³-hybridized carbons (Fsp3) is 0.259. The molecule has 4 aromatic rings. The fourth-order valence-corrected chi connectivity index (χ4v) is 5.43. The molecule has 1 N–H and O–H groups in total. The molecule has 39 heavy (non-hydrogen) atoms. The zero-order valence-electron chi connectivity index (χ0n) is 20.3. The smallest absolute Gasteiger partial charge is 0.373 e. The SMILES string of the molecule is O=C=O.OC1(c2ccc(OCc3c(-c4c(Cl)cncc4Cl)noc3C3CC3)cc2Cl)CN(c2ccccn2)C1. The lowest BCUT2D eigenvalue weighted by molar-refractivity contribution is -0.191. The number of anilines is 1. The number of carbonyl (C=O) groups excluding carboxylic acids is 2. The number of rotatable bonds is 7. The molecule has 4 heterocycles. The van der Waals surface area contributed by atoms with E-state index in [1.807, 2.05) is 23.1 Å². The Morgan fingerprint density at radius 1 is 1.08 bits per heavy atom. The first-order valence-corrected chi connectivity index (χ1v) is 13.1. The molecule has 0 atom stereocenters. The average molecular weight is 588 g/mol. The molecule has 200 valence electrons. The molecule has 2 aliphatic rings. The number of pyridine rings is 2. The van der Waals surface area contributed by atoms with Gasteiger partial charge in [0.2, 0.25) is 0 Å². The molecule has 6 rings (SSSR count). The van der Waals surface area contributed by atoms with E-state index >= 15 is 0 Å². The molecule has 1 aromatic carbocycles. The third-order valence-electron chi connectivity index (χ3n) is 6.56. The topological polar surface area (TPSA) is 119 Å². The highest BCUT2D eigenvalue weighted by molar-refractivity contribution is 6.38. The van der Waals surface area contributed by atoms with Crippen LogP contribution in [0.25, 0.3) is 11.3 Å². The second kappa shape index (κ2) is 11.3. The average Bonchev–Trinajstić information content (AvgIpc) is 3.67. The summed E-state index contributed by atoms with van der Waals surface area (Å²) in [5, 5.41) is 16.6. The number of nitrogens with zero attached hydrogens (tertiary/aromatic N) is 4. The number of benzene rings is 1. The summed E-state index contributed by atoms with van der Waals surface area (Å²) >= 11 is 19.4. The fourth-order valence-electron chi connectivity index (χ4n) is 4.54. The molecule has 0 amide bonds. The van der Waals surface area contributed by atoms with Crippen molar-refractivity contribution in [2.45, 2.75) is 31.0 Å². The van der Waals surface area contributed by atoms with E-state index in [-0.39, 0.29) is 12.8 Å². The van der Waals surface area contributed by atoms with Crippen molar-refractivity contribution in [1.82, 2.24) is 15.1 Å². The van der Waals surface area contributed by atoms with Gasteiger partial charge in [-0.1, -0.05) is 52.1 Å². The van der Waals surface area contributed by atoms with Gasteiger partial charge in [-0.2, -0.15) is 9.59 Å². The van der Waals surface area contributed by atoms with Crippen molar-refractivity contribution in [2.24, 2.45) is 0 Å². The minimum Gasteiger partial charge on any atom is -0.489 e. The van der Waals surface area contributed by atoms with Gasteiger partial charge in [0.25, 0.3) is 0 Å². The van der Waals surface area contributed by atoms with Gasteiger partial charge in [-0.15, -0.1) is 0 Å². The van der Waals surface area contributed by atoms with Crippen molar-refractivity contribution in [3.8, 4) is 17.0 Å². The second-order valence-electron chi connectivity index (χ2n) is 9.22. The van der Waals surface area contributed by atoms with Crippen LogP contribution in [0.15, 0.2) is 59.5 Å². The quantitative estimate of drug-likeness (QED) is 0.292. The van der Waals surface area contributed by atoms with Crippen LogP contribution < -0.4 is 9.64 Å². The van der Waals surface area contributed by atoms with Crippen molar-refractivity contribution in [1.29, 1.82) is 0 Å². The Morgan fingerprint density at radius 3 is 2.41 bits per heavy atom. The molecule has 1 saturated heterocycles. The zero-order chi connectivity index (χ0) is 27.6. The Labute approximate surface area is 238 Å². The molecule has 0 bridgehead atoms. The number of ether oxygens (including phenoxy) is 1. The van der Waals surface area contributed by atoms with Gasteiger partial charge in [-0.05, 0) is 37.1 Å². The molecular weight excluding hydrogens is 567 g/mol. The van der Waals surface area contributed by atoms with Gasteiger partial charge in [-0.3, -0.25) is 4.98 Å². The summed E-state index contributed by atoms with van der Waals surface area (Å²) in [6.07, 6.45) is 7.11. The largest absolute Gasteiger partial charge is 0.489 e. The Morgan fingerprint density at radius 2 is 1.79 bits per heavy atom. The minimum atomic E-state index is -1.05. The highest BCUT2D eigenvalue weighted by Crippen LogP contribution is 2.46. The van der Waals surface area contributed by atoms with Crippen LogP contribution in [0.1, 0.15) is 35.6 Å². The Hall–Kier alpha value is -3.46. The van der Waals surface area contributed by atoms with E-state index in [9.17, 15) is 5.11 Å². The summed E-state index contributed by atoms with van der Waals surface area (Å²) in [4.78, 5) is 26.6. The maximum absolute atomic E-state index is 11.1. The first-order valence-electron chi connectivity index (χ1n) is 11.9. The molecule has 1 aliphatic heterocycles. The zero-order valence-corrected chi connectivity index (χ0v) is 22.6. The molecular formula is C27H21Cl3N4O5. The summed E-state index contributed by atoms with van der Waals surface area (Å²) in [6.45, 7) is 1.02. The van der Waals surface area contributed by atoms with E-state index in [0.29, 0.717) is 56.6 Å². The summed E-state index contributed by atoms with van der Waals surface area (Å²) < 4.78 is 11.8. The summed E-state index contributed by atoms with van der Waals surface area (Å²) in [5.74, 6) is 2.48. The summed E-state index contributed by atoms with van der Waals surface area (Å²) in [7, 11) is 0. The number of halogens is 3. The van der Waals surface area contributed by atoms with Crippen LogP contribution in [0.4, 0.5) is 5.82 Å². The second-order valence-corrected chi connectivity index (χ2v) is 10.4. The van der Waals surface area contributed by atoms with E-state index in [0.717, 1.165) is 30.0 Å². The van der Waals surface area contributed by atoms with Gasteiger partial charge < -0.3 is 19.3 Å². The van der Waals surface area contributed by atoms with E-state index < -0.39 is 5.60 Å². The van der Waals surface area contributed by atoms with Crippen molar-refractivity contribution in [3.05, 3.63) is 86.9 Å². The van der Waals surface area contributed by atoms with Gasteiger partial charge in [0, 0.05) is 35.6 Å².